The van der Waals surface area contributed by atoms with Gasteiger partial charge in [-0.3, -0.25) is 19.5 Å². The lowest BCUT2D eigenvalue weighted by Crippen LogP contribution is -2.55. The molecule has 2 amide bonds. The van der Waals surface area contributed by atoms with Crippen LogP contribution in [0, 0.1) is 11.6 Å². The summed E-state index contributed by atoms with van der Waals surface area (Å²) in [5, 5.41) is -0.0755. The molecule has 0 N–H and O–H groups in total. The number of aliphatic imine (C=N–C) groups is 1. The maximum Gasteiger partial charge on any atom is 0.246 e. The molecular formula is C22H21Cl2F2N5O2. The first-order valence-corrected chi connectivity index (χ1v) is 10.7. The molecule has 2 aromatic rings. The summed E-state index contributed by atoms with van der Waals surface area (Å²) in [5.41, 5.74) is -0.360. The maximum atomic E-state index is 14.5. The normalized spacial score (nSPS) is 16.5. The number of pyridine rings is 1. The molecule has 0 bridgehead atoms. The number of carbonyl (C=O) groups excluding carboxylic acids is 2. The number of amidine groups is 1. The van der Waals surface area contributed by atoms with E-state index in [4.69, 9.17) is 23.2 Å². The SMILES string of the molecule is C=CC(=O)N1CCN(C(=NC)c2cc(Cl)c(Cl)nc2N(C=O)c2c(F)cccc2F)C(C)C1. The van der Waals surface area contributed by atoms with Crippen molar-refractivity contribution in [1.29, 1.82) is 0 Å². The summed E-state index contributed by atoms with van der Waals surface area (Å²) in [4.78, 5) is 36.8. The van der Waals surface area contributed by atoms with Gasteiger partial charge in [-0.2, -0.15) is 0 Å². The van der Waals surface area contributed by atoms with E-state index in [1.54, 1.807) is 4.90 Å². The molecule has 0 aliphatic carbocycles. The zero-order valence-corrected chi connectivity index (χ0v) is 19.4. The van der Waals surface area contributed by atoms with Crippen LogP contribution in [0.4, 0.5) is 20.3 Å². The van der Waals surface area contributed by atoms with Gasteiger partial charge in [0, 0.05) is 32.7 Å². The largest absolute Gasteiger partial charge is 0.350 e. The summed E-state index contributed by atoms with van der Waals surface area (Å²) in [6.45, 7) is 6.61. The van der Waals surface area contributed by atoms with Crippen LogP contribution < -0.4 is 4.90 Å². The molecule has 1 atom stereocenters. The van der Waals surface area contributed by atoms with Gasteiger partial charge in [0.25, 0.3) is 0 Å². The van der Waals surface area contributed by atoms with Crippen LogP contribution in [0.1, 0.15) is 12.5 Å². The second-order valence-electron chi connectivity index (χ2n) is 7.26. The van der Waals surface area contributed by atoms with Crippen molar-refractivity contribution >= 4 is 52.9 Å². The number of halogens is 4. The summed E-state index contributed by atoms with van der Waals surface area (Å²) in [7, 11) is 1.53. The zero-order valence-electron chi connectivity index (χ0n) is 17.9. The molecule has 0 spiro atoms. The van der Waals surface area contributed by atoms with Gasteiger partial charge in [0.1, 0.15) is 28.3 Å². The highest BCUT2D eigenvalue weighted by atomic mass is 35.5. The Hall–Kier alpha value is -3.04. The molecule has 0 radical (unpaired) electrons. The summed E-state index contributed by atoms with van der Waals surface area (Å²) in [6.07, 6.45) is 1.50. The van der Waals surface area contributed by atoms with Gasteiger partial charge in [-0.1, -0.05) is 35.8 Å². The monoisotopic (exact) mass is 495 g/mol. The average molecular weight is 496 g/mol. The third-order valence-corrected chi connectivity index (χ3v) is 5.94. The van der Waals surface area contributed by atoms with E-state index >= 15 is 0 Å². The number of rotatable bonds is 5. The molecule has 0 saturated carbocycles. The van der Waals surface area contributed by atoms with Gasteiger partial charge >= 0.3 is 0 Å². The first kappa shape index (κ1) is 24.6. The molecular weight excluding hydrogens is 475 g/mol. The highest BCUT2D eigenvalue weighted by molar-refractivity contribution is 6.41. The Bertz CT molecular complexity index is 1110. The minimum absolute atomic E-state index is 0.0737. The van der Waals surface area contributed by atoms with Gasteiger partial charge in [-0.05, 0) is 31.2 Å². The van der Waals surface area contributed by atoms with E-state index < -0.39 is 17.3 Å². The minimum Gasteiger partial charge on any atom is -0.350 e. The Morgan fingerprint density at radius 1 is 1.30 bits per heavy atom. The van der Waals surface area contributed by atoms with Crippen LogP contribution in [-0.4, -0.2) is 65.7 Å². The number of amides is 2. The number of para-hydroxylation sites is 1. The molecule has 174 valence electrons. The highest BCUT2D eigenvalue weighted by Crippen LogP contribution is 2.35. The van der Waals surface area contributed by atoms with Gasteiger partial charge in [0.05, 0.1) is 10.6 Å². The van der Waals surface area contributed by atoms with Crippen molar-refractivity contribution in [3.05, 3.63) is 64.3 Å². The Labute approximate surface area is 199 Å². The van der Waals surface area contributed by atoms with Crippen molar-refractivity contribution in [1.82, 2.24) is 14.8 Å². The third-order valence-electron chi connectivity index (χ3n) is 5.26. The second kappa shape index (κ2) is 10.3. The average Bonchev–Trinajstić information content (AvgIpc) is 2.79. The van der Waals surface area contributed by atoms with E-state index in [9.17, 15) is 18.4 Å². The van der Waals surface area contributed by atoms with Crippen molar-refractivity contribution in [2.45, 2.75) is 13.0 Å². The summed E-state index contributed by atoms with van der Waals surface area (Å²) in [6, 6.07) is 4.50. The molecule has 1 unspecified atom stereocenters. The molecule has 7 nitrogen and oxygen atoms in total. The van der Waals surface area contributed by atoms with E-state index in [0.29, 0.717) is 25.5 Å². The smallest absolute Gasteiger partial charge is 0.246 e. The predicted octanol–water partition coefficient (Wildman–Crippen LogP) is 4.06. The highest BCUT2D eigenvalue weighted by Gasteiger charge is 2.32. The van der Waals surface area contributed by atoms with Crippen LogP contribution in [0.5, 0.6) is 0 Å². The van der Waals surface area contributed by atoms with E-state index in [0.717, 1.165) is 17.0 Å². The standard InChI is InChI=1S/C22H21Cl2F2N5O2/c1-4-18(33)29-8-9-30(13(2)11-29)21(27-3)14-10-15(23)20(24)28-22(14)31(12-32)19-16(25)6-5-7-17(19)26/h4-7,10,12-13H,1,8-9,11H2,2-3H3. The summed E-state index contributed by atoms with van der Waals surface area (Å²) >= 11 is 12.3. The predicted molar refractivity (Wildman–Crippen MR) is 124 cm³/mol. The molecule has 1 saturated heterocycles. The lowest BCUT2D eigenvalue weighted by molar-refractivity contribution is -0.128. The third kappa shape index (κ3) is 4.84. The first-order valence-electron chi connectivity index (χ1n) is 9.93. The molecule has 1 aliphatic rings. The molecule has 1 fully saturated rings. The van der Waals surface area contributed by atoms with Crippen molar-refractivity contribution < 1.29 is 18.4 Å². The Morgan fingerprint density at radius 3 is 2.52 bits per heavy atom. The van der Waals surface area contributed by atoms with Crippen molar-refractivity contribution in [2.24, 2.45) is 4.99 Å². The second-order valence-corrected chi connectivity index (χ2v) is 8.02. The van der Waals surface area contributed by atoms with Crippen LogP contribution in [0.15, 0.2) is 41.9 Å². The van der Waals surface area contributed by atoms with Crippen molar-refractivity contribution in [3.63, 3.8) is 0 Å². The van der Waals surface area contributed by atoms with Crippen molar-refractivity contribution in [3.8, 4) is 0 Å². The molecule has 1 aromatic carbocycles. The number of benzene rings is 1. The zero-order chi connectivity index (χ0) is 24.3. The molecule has 11 heteroatoms. The van der Waals surface area contributed by atoms with Gasteiger partial charge < -0.3 is 9.80 Å². The van der Waals surface area contributed by atoms with Crippen LogP contribution in [0.3, 0.4) is 0 Å². The van der Waals surface area contributed by atoms with Crippen LogP contribution in [0.25, 0.3) is 0 Å². The van der Waals surface area contributed by atoms with Crippen LogP contribution in [-0.2, 0) is 9.59 Å². The molecule has 33 heavy (non-hydrogen) atoms. The maximum absolute atomic E-state index is 14.5. The minimum atomic E-state index is -0.958. The quantitative estimate of drug-likeness (QED) is 0.206. The Kier molecular flexibility index (Phi) is 7.65. The molecule has 1 aliphatic heterocycles. The fraction of sp³-hybridized carbons (Fsp3) is 0.273. The number of hydrogen-bond donors (Lipinski definition) is 0. The van der Waals surface area contributed by atoms with E-state index in [-0.39, 0.29) is 39.9 Å². The number of carbonyl (C=O) groups is 2. The van der Waals surface area contributed by atoms with Crippen molar-refractivity contribution in [2.75, 3.05) is 31.6 Å². The lowest BCUT2D eigenvalue weighted by Gasteiger charge is -2.41. The summed E-state index contributed by atoms with van der Waals surface area (Å²) < 4.78 is 29.0. The fourth-order valence-electron chi connectivity index (χ4n) is 3.74. The van der Waals surface area contributed by atoms with Crippen LogP contribution >= 0.6 is 23.2 Å². The number of aromatic nitrogens is 1. The van der Waals surface area contributed by atoms with E-state index in [1.165, 1.54) is 25.3 Å². The Balaban J connectivity index is 2.11. The number of piperazine rings is 1. The first-order chi connectivity index (χ1) is 15.7. The lowest BCUT2D eigenvalue weighted by atomic mass is 10.1. The van der Waals surface area contributed by atoms with E-state index in [2.05, 4.69) is 16.6 Å². The number of nitrogens with zero attached hydrogens (tertiary/aromatic N) is 5. The van der Waals surface area contributed by atoms with Gasteiger partial charge in [-0.25, -0.2) is 13.8 Å². The molecule has 2 heterocycles. The Morgan fingerprint density at radius 2 is 1.97 bits per heavy atom. The number of hydrogen-bond acceptors (Lipinski definition) is 4. The van der Waals surface area contributed by atoms with Gasteiger partial charge in [0.15, 0.2) is 5.82 Å². The summed E-state index contributed by atoms with van der Waals surface area (Å²) in [5.74, 6) is -1.86. The number of anilines is 2. The molecule has 3 rings (SSSR count). The van der Waals surface area contributed by atoms with Gasteiger partial charge in [-0.15, -0.1) is 0 Å². The van der Waals surface area contributed by atoms with E-state index in [1.807, 2.05) is 11.8 Å². The molecule has 1 aromatic heterocycles. The topological polar surface area (TPSA) is 69.1 Å². The van der Waals surface area contributed by atoms with Crippen LogP contribution in [0.2, 0.25) is 10.2 Å². The van der Waals surface area contributed by atoms with Gasteiger partial charge in [0.2, 0.25) is 12.3 Å². The fourth-order valence-corrected chi connectivity index (χ4v) is 4.02.